The number of sulfonamides is 1. The summed E-state index contributed by atoms with van der Waals surface area (Å²) in [6.45, 7) is 2.50. The van der Waals surface area contributed by atoms with E-state index in [1.807, 2.05) is 61.5 Å². The summed E-state index contributed by atoms with van der Waals surface area (Å²) in [6.07, 6.45) is 4.98. The van der Waals surface area contributed by atoms with Gasteiger partial charge in [0.2, 0.25) is 21.8 Å². The van der Waals surface area contributed by atoms with Crippen molar-refractivity contribution in [2.45, 2.75) is 75.4 Å². The lowest BCUT2D eigenvalue weighted by Gasteiger charge is -2.33. The van der Waals surface area contributed by atoms with Gasteiger partial charge in [0, 0.05) is 39.0 Å². The van der Waals surface area contributed by atoms with Crippen molar-refractivity contribution in [2.75, 3.05) is 13.6 Å². The van der Waals surface area contributed by atoms with Crippen molar-refractivity contribution >= 4 is 21.8 Å². The lowest BCUT2D eigenvalue weighted by molar-refractivity contribution is -0.141. The molecule has 1 atom stereocenters. The molecule has 0 saturated heterocycles. The third kappa shape index (κ3) is 8.27. The van der Waals surface area contributed by atoms with Crippen LogP contribution in [-0.4, -0.2) is 55.1 Å². The normalized spacial score (nSPS) is 14.6. The van der Waals surface area contributed by atoms with Gasteiger partial charge in [-0.05, 0) is 55.0 Å². The maximum absolute atomic E-state index is 13.9. The number of hydrogen-bond donors (Lipinski definition) is 1. The van der Waals surface area contributed by atoms with E-state index in [0.717, 1.165) is 42.4 Å². The van der Waals surface area contributed by atoms with E-state index in [-0.39, 0.29) is 35.7 Å². The SMILES string of the molecule is Cc1ccccc1CN(C(=O)CCCN(C)S(=O)(=O)c1ccccc1)[C@H](Cc1ccccc1)C(=O)NC1CCCC1. The maximum atomic E-state index is 13.9. The van der Waals surface area contributed by atoms with Crippen LogP contribution in [0.25, 0.3) is 0 Å². The second-order valence-corrected chi connectivity index (χ2v) is 12.9. The first kappa shape index (κ1) is 30.5. The van der Waals surface area contributed by atoms with Gasteiger partial charge in [-0.2, -0.15) is 0 Å². The molecule has 0 radical (unpaired) electrons. The molecule has 2 amide bonds. The molecule has 0 unspecified atom stereocenters. The molecule has 0 aromatic heterocycles. The maximum Gasteiger partial charge on any atom is 0.243 e. The number of nitrogens with one attached hydrogen (secondary N) is 1. The summed E-state index contributed by atoms with van der Waals surface area (Å²) in [7, 11) is -2.12. The molecular weight excluding hydrogens is 534 g/mol. The van der Waals surface area contributed by atoms with Gasteiger partial charge in [0.05, 0.1) is 4.90 Å². The third-order valence-corrected chi connectivity index (χ3v) is 9.76. The molecule has 4 rings (SSSR count). The molecule has 218 valence electrons. The van der Waals surface area contributed by atoms with Crippen molar-refractivity contribution < 1.29 is 18.0 Å². The summed E-state index contributed by atoms with van der Waals surface area (Å²) in [5, 5.41) is 3.23. The smallest absolute Gasteiger partial charge is 0.243 e. The summed E-state index contributed by atoms with van der Waals surface area (Å²) in [4.78, 5) is 29.6. The Morgan fingerprint density at radius 2 is 1.51 bits per heavy atom. The highest BCUT2D eigenvalue weighted by atomic mass is 32.2. The minimum Gasteiger partial charge on any atom is -0.352 e. The van der Waals surface area contributed by atoms with Crippen LogP contribution in [-0.2, 0) is 32.6 Å². The van der Waals surface area contributed by atoms with E-state index >= 15 is 0 Å². The van der Waals surface area contributed by atoms with E-state index < -0.39 is 16.1 Å². The van der Waals surface area contributed by atoms with E-state index in [4.69, 9.17) is 0 Å². The highest BCUT2D eigenvalue weighted by molar-refractivity contribution is 7.89. The fourth-order valence-corrected chi connectivity index (χ4v) is 6.61. The number of rotatable bonds is 13. The summed E-state index contributed by atoms with van der Waals surface area (Å²) in [5.74, 6) is -0.298. The molecule has 1 fully saturated rings. The molecule has 7 nitrogen and oxygen atoms in total. The molecule has 0 spiro atoms. The number of amides is 2. The Morgan fingerprint density at radius 3 is 2.17 bits per heavy atom. The molecule has 0 bridgehead atoms. The van der Waals surface area contributed by atoms with Crippen LogP contribution in [0, 0.1) is 6.92 Å². The fourth-order valence-electron chi connectivity index (χ4n) is 5.38. The summed E-state index contributed by atoms with van der Waals surface area (Å²) in [5.41, 5.74) is 3.01. The van der Waals surface area contributed by atoms with Gasteiger partial charge in [-0.15, -0.1) is 0 Å². The van der Waals surface area contributed by atoms with Crippen molar-refractivity contribution in [1.82, 2.24) is 14.5 Å². The number of benzene rings is 3. The molecule has 3 aromatic carbocycles. The van der Waals surface area contributed by atoms with Crippen LogP contribution in [0.3, 0.4) is 0 Å². The summed E-state index contributed by atoms with van der Waals surface area (Å²) >= 11 is 0. The molecule has 0 heterocycles. The number of carbonyl (C=O) groups excluding carboxylic acids is 2. The first-order chi connectivity index (χ1) is 19.8. The topological polar surface area (TPSA) is 86.8 Å². The van der Waals surface area contributed by atoms with Crippen molar-refractivity contribution in [3.63, 3.8) is 0 Å². The Hall–Kier alpha value is -3.49. The van der Waals surface area contributed by atoms with Crippen LogP contribution in [0.15, 0.2) is 89.8 Å². The van der Waals surface area contributed by atoms with Crippen LogP contribution in [0.5, 0.6) is 0 Å². The number of nitrogens with zero attached hydrogens (tertiary/aromatic N) is 2. The lowest BCUT2D eigenvalue weighted by Crippen LogP contribution is -2.52. The standard InChI is InChI=1S/C33H41N3O4S/c1-26-14-9-10-17-28(26)25-36(32(37)22-13-23-35(2)41(39,40)30-20-7-4-8-21-30)31(24-27-15-5-3-6-16-27)33(38)34-29-18-11-12-19-29/h3-10,14-17,20-21,29,31H,11-13,18-19,22-25H2,1-2H3,(H,34,38)/t31-/m1/s1. The molecule has 8 heteroatoms. The van der Waals surface area contributed by atoms with Gasteiger partial charge in [0.15, 0.2) is 0 Å². The highest BCUT2D eigenvalue weighted by Gasteiger charge is 2.32. The van der Waals surface area contributed by atoms with Crippen molar-refractivity contribution in [1.29, 1.82) is 0 Å². The van der Waals surface area contributed by atoms with Gasteiger partial charge in [0.25, 0.3) is 0 Å². The second-order valence-electron chi connectivity index (χ2n) is 10.9. The van der Waals surface area contributed by atoms with E-state index in [9.17, 15) is 18.0 Å². The van der Waals surface area contributed by atoms with E-state index in [1.165, 1.54) is 11.4 Å². The van der Waals surface area contributed by atoms with Gasteiger partial charge < -0.3 is 10.2 Å². The predicted molar refractivity (Wildman–Crippen MR) is 162 cm³/mol. The monoisotopic (exact) mass is 575 g/mol. The quantitative estimate of drug-likeness (QED) is 0.308. The van der Waals surface area contributed by atoms with Gasteiger partial charge >= 0.3 is 0 Å². The molecule has 1 saturated carbocycles. The zero-order valence-electron chi connectivity index (χ0n) is 24.0. The Morgan fingerprint density at radius 1 is 0.902 bits per heavy atom. The molecular formula is C33H41N3O4S. The van der Waals surface area contributed by atoms with E-state index in [2.05, 4.69) is 5.32 Å². The zero-order chi connectivity index (χ0) is 29.2. The lowest BCUT2D eigenvalue weighted by atomic mass is 10.0. The van der Waals surface area contributed by atoms with Gasteiger partial charge in [0.1, 0.15) is 6.04 Å². The molecule has 41 heavy (non-hydrogen) atoms. The first-order valence-electron chi connectivity index (χ1n) is 14.5. The van der Waals surface area contributed by atoms with Crippen LogP contribution < -0.4 is 5.32 Å². The van der Waals surface area contributed by atoms with Crippen molar-refractivity contribution in [2.24, 2.45) is 0 Å². The van der Waals surface area contributed by atoms with E-state index in [1.54, 1.807) is 35.2 Å². The van der Waals surface area contributed by atoms with Crippen LogP contribution >= 0.6 is 0 Å². The Balaban J connectivity index is 1.55. The average Bonchev–Trinajstić information content (AvgIpc) is 3.49. The molecule has 0 aliphatic heterocycles. The molecule has 3 aromatic rings. The summed E-state index contributed by atoms with van der Waals surface area (Å²) in [6, 6.07) is 25.4. The summed E-state index contributed by atoms with van der Waals surface area (Å²) < 4.78 is 27.2. The Bertz CT molecular complexity index is 1390. The van der Waals surface area contributed by atoms with Crippen LogP contribution in [0.1, 0.15) is 55.2 Å². The molecule has 1 N–H and O–H groups in total. The number of aryl methyl sites for hydroxylation is 1. The third-order valence-electron chi connectivity index (χ3n) is 7.89. The Labute approximate surface area is 244 Å². The van der Waals surface area contributed by atoms with Crippen LogP contribution in [0.2, 0.25) is 0 Å². The highest BCUT2D eigenvalue weighted by Crippen LogP contribution is 2.22. The zero-order valence-corrected chi connectivity index (χ0v) is 24.9. The largest absolute Gasteiger partial charge is 0.352 e. The second kappa shape index (κ2) is 14.4. The minimum atomic E-state index is -3.65. The van der Waals surface area contributed by atoms with Gasteiger partial charge in [-0.3, -0.25) is 9.59 Å². The first-order valence-corrected chi connectivity index (χ1v) is 15.9. The van der Waals surface area contributed by atoms with Gasteiger partial charge in [-0.1, -0.05) is 85.6 Å². The predicted octanol–water partition coefficient (Wildman–Crippen LogP) is 5.09. The average molecular weight is 576 g/mol. The molecule has 1 aliphatic rings. The van der Waals surface area contributed by atoms with E-state index in [0.29, 0.717) is 19.4 Å². The molecule has 1 aliphatic carbocycles. The Kier molecular flexibility index (Phi) is 10.7. The number of carbonyl (C=O) groups is 2. The number of hydrogen-bond acceptors (Lipinski definition) is 4. The van der Waals surface area contributed by atoms with Gasteiger partial charge in [-0.25, -0.2) is 12.7 Å². The fraction of sp³-hybridized carbons (Fsp3) is 0.394. The van der Waals surface area contributed by atoms with Crippen LogP contribution in [0.4, 0.5) is 0 Å². The van der Waals surface area contributed by atoms with Crippen molar-refractivity contribution in [3.8, 4) is 0 Å². The minimum absolute atomic E-state index is 0.128. The van der Waals surface area contributed by atoms with Crippen molar-refractivity contribution in [3.05, 3.63) is 102 Å².